The van der Waals surface area contributed by atoms with Gasteiger partial charge in [-0.3, -0.25) is 23.9 Å². The van der Waals surface area contributed by atoms with E-state index in [4.69, 9.17) is 4.74 Å². The lowest BCUT2D eigenvalue weighted by Gasteiger charge is -2.21. The van der Waals surface area contributed by atoms with Gasteiger partial charge in [0, 0.05) is 12.8 Å². The topological polar surface area (TPSA) is 171 Å². The van der Waals surface area contributed by atoms with Crippen LogP contribution in [0.25, 0.3) is 11.2 Å². The number of aromatic amines is 1. The summed E-state index contributed by atoms with van der Waals surface area (Å²) in [7, 11) is 0. The lowest BCUT2D eigenvalue weighted by atomic mass is 10.1. The number of allylic oxidation sites excluding steroid dienone is 4. The van der Waals surface area contributed by atoms with E-state index in [-0.39, 0.29) is 30.0 Å². The van der Waals surface area contributed by atoms with Crippen LogP contribution in [0, 0.1) is 0 Å². The van der Waals surface area contributed by atoms with Crippen molar-refractivity contribution < 1.29 is 29.6 Å². The zero-order valence-electron chi connectivity index (χ0n) is 36.0. The molecule has 1 saturated heterocycles. The van der Waals surface area contributed by atoms with Gasteiger partial charge in [0.25, 0.3) is 5.56 Å². The summed E-state index contributed by atoms with van der Waals surface area (Å²) in [5.74, 6) is -1.07. The molecule has 0 aliphatic carbocycles. The van der Waals surface area contributed by atoms with Crippen molar-refractivity contribution in [1.29, 1.82) is 0 Å². The molecule has 2 amide bonds. The minimum absolute atomic E-state index is 0.0127. The molecule has 0 saturated carbocycles. The third-order valence-electron chi connectivity index (χ3n) is 11.2. The smallest absolute Gasteiger partial charge is 0.280 e. The fraction of sp³-hybridized carbons (Fsp3) is 0.761. The van der Waals surface area contributed by atoms with E-state index in [0.29, 0.717) is 12.8 Å². The Morgan fingerprint density at radius 2 is 1.12 bits per heavy atom. The zero-order chi connectivity index (χ0) is 41.8. The molecule has 4 N–H and O–H groups in total. The number of amides is 2. The van der Waals surface area contributed by atoms with E-state index in [1.165, 1.54) is 87.9 Å². The van der Waals surface area contributed by atoms with Crippen LogP contribution in [0.5, 0.6) is 0 Å². The first-order chi connectivity index (χ1) is 28.3. The number of imidazole rings is 1. The predicted octanol–water partition coefficient (Wildman–Crippen LogP) is 9.67. The van der Waals surface area contributed by atoms with Crippen LogP contribution in [-0.4, -0.2) is 71.6 Å². The number of hydrogen-bond donors (Lipinski definition) is 4. The summed E-state index contributed by atoms with van der Waals surface area (Å²) in [6.45, 7) is 3.96. The number of nitrogens with zero attached hydrogens (tertiary/aromatic N) is 4. The van der Waals surface area contributed by atoms with Crippen molar-refractivity contribution in [1.82, 2.24) is 19.5 Å². The fourth-order valence-electron chi connectivity index (χ4n) is 7.61. The average Bonchev–Trinajstić information content (AvgIpc) is 3.77. The third-order valence-corrected chi connectivity index (χ3v) is 11.2. The Balaban J connectivity index is 1.52. The van der Waals surface area contributed by atoms with Crippen LogP contribution in [0.2, 0.25) is 0 Å². The van der Waals surface area contributed by atoms with Crippen molar-refractivity contribution in [2.24, 2.45) is 0 Å². The molecule has 58 heavy (non-hydrogen) atoms. The van der Waals surface area contributed by atoms with E-state index in [1.54, 1.807) is 0 Å². The van der Waals surface area contributed by atoms with Crippen molar-refractivity contribution >= 4 is 28.9 Å². The van der Waals surface area contributed by atoms with Gasteiger partial charge in [0.15, 0.2) is 17.4 Å². The highest BCUT2D eigenvalue weighted by Crippen LogP contribution is 2.31. The molecule has 2 aromatic heterocycles. The number of unbranched alkanes of at least 4 members (excludes halogenated alkanes) is 22. The van der Waals surface area contributed by atoms with E-state index < -0.39 is 48.5 Å². The van der Waals surface area contributed by atoms with Crippen LogP contribution in [-0.2, 0) is 14.3 Å². The van der Waals surface area contributed by atoms with Crippen LogP contribution in [0.3, 0.4) is 0 Å². The number of H-pyrrole nitrogens is 1. The van der Waals surface area contributed by atoms with E-state index in [9.17, 15) is 29.7 Å². The minimum Gasteiger partial charge on any atom is -0.394 e. The number of aliphatic hydroxyl groups excluding tert-OH is 3. The van der Waals surface area contributed by atoms with Crippen LogP contribution in [0.15, 0.2) is 35.4 Å². The molecule has 12 heteroatoms. The largest absolute Gasteiger partial charge is 0.394 e. The predicted molar refractivity (Wildman–Crippen MR) is 233 cm³/mol. The van der Waals surface area contributed by atoms with Crippen molar-refractivity contribution in [3.63, 3.8) is 0 Å². The molecule has 0 radical (unpaired) electrons. The summed E-state index contributed by atoms with van der Waals surface area (Å²) >= 11 is 0. The van der Waals surface area contributed by atoms with Crippen molar-refractivity contribution in [2.75, 3.05) is 11.5 Å². The molecule has 2 aromatic rings. The summed E-state index contributed by atoms with van der Waals surface area (Å²) in [6.07, 6.45) is 35.1. The number of ether oxygens (including phenoxy) is 1. The van der Waals surface area contributed by atoms with E-state index in [0.717, 1.165) is 81.9 Å². The van der Waals surface area contributed by atoms with Crippen molar-refractivity contribution in [2.45, 2.75) is 218 Å². The van der Waals surface area contributed by atoms with Crippen LogP contribution in [0.4, 0.5) is 5.95 Å². The lowest BCUT2D eigenvalue weighted by molar-refractivity contribution is -0.126. The number of carbonyl (C=O) groups is 2. The highest BCUT2D eigenvalue weighted by molar-refractivity contribution is 6.13. The summed E-state index contributed by atoms with van der Waals surface area (Å²) in [6, 6.07) is 0. The van der Waals surface area contributed by atoms with Gasteiger partial charge in [0.05, 0.1) is 12.9 Å². The van der Waals surface area contributed by atoms with Crippen molar-refractivity contribution in [3.8, 4) is 0 Å². The molecule has 0 bridgehead atoms. The Morgan fingerprint density at radius 1 is 0.690 bits per heavy atom. The molecule has 1 aliphatic rings. The molecule has 4 atom stereocenters. The second-order valence-electron chi connectivity index (χ2n) is 16.2. The summed E-state index contributed by atoms with van der Waals surface area (Å²) in [5.41, 5.74) is -0.741. The molecule has 0 aromatic carbocycles. The monoisotopic (exact) mass is 812 g/mol. The number of anilines is 1. The van der Waals surface area contributed by atoms with Gasteiger partial charge in [-0.2, -0.15) is 4.98 Å². The lowest BCUT2D eigenvalue weighted by Crippen LogP contribution is -2.39. The highest BCUT2D eigenvalue weighted by atomic mass is 16.6. The Hall–Kier alpha value is -3.19. The van der Waals surface area contributed by atoms with Crippen molar-refractivity contribution in [3.05, 3.63) is 41.0 Å². The quantitative estimate of drug-likeness (QED) is 0.0405. The maximum absolute atomic E-state index is 13.8. The normalized spacial score (nSPS) is 18.4. The first-order valence-electron chi connectivity index (χ1n) is 23.1. The number of fused-ring (bicyclic) bond motifs is 1. The number of hydrogen-bond acceptors (Lipinski definition) is 9. The maximum atomic E-state index is 13.8. The van der Waals surface area contributed by atoms with Crippen LogP contribution in [0.1, 0.15) is 200 Å². The summed E-state index contributed by atoms with van der Waals surface area (Å²) in [5, 5.41) is 30.6. The summed E-state index contributed by atoms with van der Waals surface area (Å²) in [4.78, 5) is 53.0. The fourth-order valence-corrected chi connectivity index (χ4v) is 7.61. The van der Waals surface area contributed by atoms with Crippen LogP contribution >= 0.6 is 0 Å². The number of aromatic nitrogens is 4. The second-order valence-corrected chi connectivity index (χ2v) is 16.2. The Bertz CT molecular complexity index is 1490. The van der Waals surface area contributed by atoms with Gasteiger partial charge < -0.3 is 20.1 Å². The summed E-state index contributed by atoms with van der Waals surface area (Å²) < 4.78 is 6.95. The minimum atomic E-state index is -1.43. The zero-order valence-corrected chi connectivity index (χ0v) is 36.0. The average molecular weight is 812 g/mol. The SMILES string of the molecule is CCCCCCCC/C=C\CCCCCCCC(=O)N(C(=O)CCCCCCC/C=C\CCCCCCCC)c1nc2c(ncn2[C@@H]2O[C@H](CO)[C@@H](O)[C@H]2O)c(=O)[nH]1. The number of carbonyl (C=O) groups excluding carboxylic acids is 2. The Kier molecular flexibility index (Phi) is 25.4. The molecular weight excluding hydrogens is 735 g/mol. The molecule has 12 nitrogen and oxygen atoms in total. The molecule has 328 valence electrons. The van der Waals surface area contributed by atoms with Gasteiger partial charge in [-0.05, 0) is 64.2 Å². The second kappa shape index (κ2) is 29.9. The Labute approximate surface area is 348 Å². The first kappa shape index (κ1) is 49.2. The molecule has 1 fully saturated rings. The van der Waals surface area contributed by atoms with E-state index in [1.807, 2.05) is 0 Å². The van der Waals surface area contributed by atoms with Gasteiger partial charge >= 0.3 is 0 Å². The third kappa shape index (κ3) is 17.6. The Morgan fingerprint density at radius 3 is 1.55 bits per heavy atom. The maximum Gasteiger partial charge on any atom is 0.280 e. The van der Waals surface area contributed by atoms with Gasteiger partial charge in [0.2, 0.25) is 17.8 Å². The van der Waals surface area contributed by atoms with E-state index in [2.05, 4.69) is 53.1 Å². The first-order valence-corrected chi connectivity index (χ1v) is 23.1. The van der Waals surface area contributed by atoms with Gasteiger partial charge in [0.1, 0.15) is 18.3 Å². The molecule has 1 aliphatic heterocycles. The number of nitrogens with one attached hydrogen (secondary N) is 1. The molecule has 0 spiro atoms. The highest BCUT2D eigenvalue weighted by Gasteiger charge is 2.44. The molecule has 3 heterocycles. The van der Waals surface area contributed by atoms with Crippen LogP contribution < -0.4 is 10.5 Å². The van der Waals surface area contributed by atoms with Gasteiger partial charge in [-0.1, -0.05) is 141 Å². The molecule has 0 unspecified atom stereocenters. The number of imide groups is 1. The number of rotatable bonds is 33. The number of aliphatic hydroxyl groups is 3. The van der Waals surface area contributed by atoms with E-state index >= 15 is 0 Å². The van der Waals surface area contributed by atoms with Gasteiger partial charge in [-0.25, -0.2) is 9.88 Å². The molecular formula is C46H77N5O7. The molecule has 3 rings (SSSR count). The standard InChI is InChI=1S/C46H77N5O7/c1-3-5-7-9-11-13-15-17-19-21-23-25-27-29-31-33-38(53)51(39(54)34-32-30-28-26-24-22-20-18-16-14-12-10-8-6-4-2)46-48-43-40(44(57)49-46)47-36-50(43)45-42(56)41(55)37(35-52)58-45/h17-20,36-37,41-42,45,52,55-56H,3-16,21-35H2,1-2H3,(H,48,49,57)/b19-17-,20-18-/t37-,41-,42-,45-/m1/s1. The van der Waals surface area contributed by atoms with Gasteiger partial charge in [-0.15, -0.1) is 0 Å².